The third kappa shape index (κ3) is 8.68. The molecule has 1 aliphatic carbocycles. The molecule has 0 N–H and O–H groups in total. The van der Waals surface area contributed by atoms with Crippen molar-refractivity contribution in [2.45, 2.75) is 122 Å². The SMILES string of the molecule is CCC(C)C1CC(C(F)(OC(=O)OC(C)(C)C)C(F)(F)F)CC(C(OC(=O)OC(C)(C)C)(C(F)(F)F)C(F)(F)F)C1. The van der Waals surface area contributed by atoms with Crippen LogP contribution >= 0.6 is 0 Å². The maximum Gasteiger partial charge on any atom is 0.511 e. The molecular weight excluding hydrogens is 586 g/mol. The Morgan fingerprint density at radius 2 is 1.02 bits per heavy atom. The molecule has 16 heteroatoms. The topological polar surface area (TPSA) is 71.1 Å². The molecule has 0 radical (unpaired) electrons. The molecule has 5 atom stereocenters. The summed E-state index contributed by atoms with van der Waals surface area (Å²) in [7, 11) is 0. The van der Waals surface area contributed by atoms with Crippen molar-refractivity contribution in [2.75, 3.05) is 0 Å². The first-order chi connectivity index (χ1) is 18.0. The van der Waals surface area contributed by atoms with Gasteiger partial charge in [-0.2, -0.15) is 43.9 Å². The zero-order valence-corrected chi connectivity index (χ0v) is 23.9. The second kappa shape index (κ2) is 11.8. The molecule has 0 saturated heterocycles. The summed E-state index contributed by atoms with van der Waals surface area (Å²) in [5.41, 5.74) is -8.48. The summed E-state index contributed by atoms with van der Waals surface area (Å²) >= 11 is 0. The van der Waals surface area contributed by atoms with Gasteiger partial charge < -0.3 is 18.9 Å². The zero-order valence-electron chi connectivity index (χ0n) is 23.9. The van der Waals surface area contributed by atoms with E-state index in [4.69, 9.17) is 0 Å². The Labute approximate surface area is 231 Å². The number of rotatable bonds is 6. The Bertz CT molecular complexity index is 902. The van der Waals surface area contributed by atoms with Gasteiger partial charge >= 0.3 is 42.3 Å². The third-order valence-electron chi connectivity index (χ3n) is 6.78. The van der Waals surface area contributed by atoms with E-state index in [2.05, 4.69) is 18.9 Å². The summed E-state index contributed by atoms with van der Waals surface area (Å²) in [6, 6.07) is 0. The molecule has 6 nitrogen and oxygen atoms in total. The van der Waals surface area contributed by atoms with Gasteiger partial charge in [0.25, 0.3) is 0 Å². The van der Waals surface area contributed by atoms with Crippen molar-refractivity contribution in [1.82, 2.24) is 0 Å². The zero-order chi connectivity index (χ0) is 32.6. The highest BCUT2D eigenvalue weighted by Crippen LogP contribution is 2.59. The molecule has 0 amide bonds. The van der Waals surface area contributed by atoms with Crippen LogP contribution in [-0.2, 0) is 18.9 Å². The molecule has 1 rings (SSSR count). The Hall–Kier alpha value is -2.16. The number of hydrogen-bond acceptors (Lipinski definition) is 6. The fraction of sp³-hybridized carbons (Fsp3) is 0.920. The van der Waals surface area contributed by atoms with Crippen LogP contribution < -0.4 is 0 Å². The van der Waals surface area contributed by atoms with Crippen LogP contribution in [0.4, 0.5) is 53.5 Å². The van der Waals surface area contributed by atoms with Crippen LogP contribution in [0.25, 0.3) is 0 Å². The maximum atomic E-state index is 15.8. The van der Waals surface area contributed by atoms with Crippen molar-refractivity contribution < 1.29 is 72.4 Å². The lowest BCUT2D eigenvalue weighted by Gasteiger charge is -2.49. The van der Waals surface area contributed by atoms with Gasteiger partial charge in [0.15, 0.2) is 0 Å². The summed E-state index contributed by atoms with van der Waals surface area (Å²) in [6.45, 7) is 9.81. The Balaban J connectivity index is 3.85. The second-order valence-corrected chi connectivity index (χ2v) is 12.3. The number of ether oxygens (including phenoxy) is 4. The van der Waals surface area contributed by atoms with Crippen LogP contribution in [0.3, 0.4) is 0 Å². The molecule has 1 aliphatic rings. The fourth-order valence-corrected chi connectivity index (χ4v) is 4.79. The first kappa shape index (κ1) is 36.9. The lowest BCUT2D eigenvalue weighted by Crippen LogP contribution is -2.66. The lowest BCUT2D eigenvalue weighted by atomic mass is 9.63. The minimum absolute atomic E-state index is 0.0836. The van der Waals surface area contributed by atoms with E-state index in [1.54, 1.807) is 0 Å². The standard InChI is InChI=1S/C25H36F10O6/c1-9-13(2)14-10-15(21(23(27,28)29,24(30,31)32)40-17(36)38-19(3,4)5)12-16(11-14)22(26,25(33,34)35)41-18(37)39-20(6,7)8/h13-16H,9-12H2,1-8H3. The molecule has 5 unspecified atom stereocenters. The molecule has 0 heterocycles. The fourth-order valence-electron chi connectivity index (χ4n) is 4.79. The monoisotopic (exact) mass is 622 g/mol. The normalized spacial score (nSPS) is 23.7. The quantitative estimate of drug-likeness (QED) is 0.218. The minimum atomic E-state index is -6.43. The average molecular weight is 623 g/mol. The number of alkyl halides is 10. The van der Waals surface area contributed by atoms with Crippen molar-refractivity contribution in [3.8, 4) is 0 Å². The van der Waals surface area contributed by atoms with Crippen molar-refractivity contribution >= 4 is 12.3 Å². The largest absolute Gasteiger partial charge is 0.511 e. The van der Waals surface area contributed by atoms with Gasteiger partial charge in [-0.05, 0) is 72.6 Å². The predicted molar refractivity (Wildman–Crippen MR) is 123 cm³/mol. The molecule has 0 aliphatic heterocycles. The summed E-state index contributed by atoms with van der Waals surface area (Å²) in [4.78, 5) is 24.3. The van der Waals surface area contributed by atoms with Gasteiger partial charge in [-0.25, -0.2) is 9.59 Å². The van der Waals surface area contributed by atoms with E-state index < -0.39 is 96.4 Å². The molecule has 0 bridgehead atoms. The number of halogens is 10. The molecule has 1 fully saturated rings. The number of carbonyl (C=O) groups excluding carboxylic acids is 2. The predicted octanol–water partition coefficient (Wildman–Crippen LogP) is 9.06. The molecular formula is C25H36F10O6. The van der Waals surface area contributed by atoms with Crippen LogP contribution in [-0.4, -0.2) is 53.5 Å². The van der Waals surface area contributed by atoms with Crippen molar-refractivity contribution in [3.05, 3.63) is 0 Å². The second-order valence-electron chi connectivity index (χ2n) is 12.3. The van der Waals surface area contributed by atoms with Gasteiger partial charge in [0.1, 0.15) is 11.2 Å². The van der Waals surface area contributed by atoms with Crippen molar-refractivity contribution in [3.63, 3.8) is 0 Å². The van der Waals surface area contributed by atoms with Crippen LogP contribution in [0.5, 0.6) is 0 Å². The Morgan fingerprint density at radius 1 is 0.634 bits per heavy atom. The van der Waals surface area contributed by atoms with Crippen LogP contribution in [0.1, 0.15) is 81.1 Å². The first-order valence-corrected chi connectivity index (χ1v) is 12.7. The van der Waals surface area contributed by atoms with Gasteiger partial charge in [0, 0.05) is 11.8 Å². The van der Waals surface area contributed by atoms with E-state index in [9.17, 15) is 49.1 Å². The highest BCUT2D eigenvalue weighted by molar-refractivity contribution is 5.62. The number of carbonyl (C=O) groups is 2. The third-order valence-corrected chi connectivity index (χ3v) is 6.78. The minimum Gasteiger partial charge on any atom is -0.429 e. The number of hydrogen-bond donors (Lipinski definition) is 0. The van der Waals surface area contributed by atoms with E-state index in [0.29, 0.717) is 0 Å². The Morgan fingerprint density at radius 3 is 1.37 bits per heavy atom. The van der Waals surface area contributed by atoms with E-state index in [-0.39, 0.29) is 6.42 Å². The lowest BCUT2D eigenvalue weighted by molar-refractivity contribution is -0.395. The highest BCUT2D eigenvalue weighted by atomic mass is 19.4. The van der Waals surface area contributed by atoms with E-state index in [1.807, 2.05) is 0 Å². The molecule has 0 aromatic carbocycles. The summed E-state index contributed by atoms with van der Waals surface area (Å²) in [5.74, 6) is -13.0. The summed E-state index contributed by atoms with van der Waals surface area (Å²) in [6.07, 6.45) is -27.2. The molecule has 0 aromatic rings. The maximum absolute atomic E-state index is 15.8. The molecule has 242 valence electrons. The molecule has 0 spiro atoms. The van der Waals surface area contributed by atoms with E-state index >= 15 is 4.39 Å². The van der Waals surface area contributed by atoms with Crippen LogP contribution in [0, 0.1) is 23.7 Å². The average Bonchev–Trinajstić information content (AvgIpc) is 2.71. The van der Waals surface area contributed by atoms with Gasteiger partial charge in [0.05, 0.1) is 0 Å². The molecule has 1 saturated carbocycles. The van der Waals surface area contributed by atoms with Gasteiger partial charge in [-0.15, -0.1) is 0 Å². The van der Waals surface area contributed by atoms with Crippen LogP contribution in [0.2, 0.25) is 0 Å². The van der Waals surface area contributed by atoms with Gasteiger partial charge in [0.2, 0.25) is 0 Å². The molecule has 0 aromatic heterocycles. The Kier molecular flexibility index (Phi) is 10.7. The summed E-state index contributed by atoms with van der Waals surface area (Å²) in [5, 5.41) is 0. The molecule has 41 heavy (non-hydrogen) atoms. The van der Waals surface area contributed by atoms with Crippen LogP contribution in [0.15, 0.2) is 0 Å². The first-order valence-electron chi connectivity index (χ1n) is 12.7. The smallest absolute Gasteiger partial charge is 0.429 e. The van der Waals surface area contributed by atoms with Gasteiger partial charge in [-0.3, -0.25) is 0 Å². The van der Waals surface area contributed by atoms with Crippen molar-refractivity contribution in [2.24, 2.45) is 23.7 Å². The van der Waals surface area contributed by atoms with Crippen molar-refractivity contribution in [1.29, 1.82) is 0 Å². The summed E-state index contributed by atoms with van der Waals surface area (Å²) < 4.78 is 162. The highest BCUT2D eigenvalue weighted by Gasteiger charge is 2.79. The van der Waals surface area contributed by atoms with Gasteiger partial charge in [-0.1, -0.05) is 20.3 Å². The van der Waals surface area contributed by atoms with E-state index in [0.717, 1.165) is 20.8 Å². The van der Waals surface area contributed by atoms with E-state index in [1.165, 1.54) is 34.6 Å².